The zero-order chi connectivity index (χ0) is 8.81. The van der Waals surface area contributed by atoms with Crippen molar-refractivity contribution in [2.24, 2.45) is 0 Å². The lowest BCUT2D eigenvalue weighted by atomic mass is 10.6. The summed E-state index contributed by atoms with van der Waals surface area (Å²) in [6.07, 6.45) is 2.84. The van der Waals surface area contributed by atoms with E-state index in [4.69, 9.17) is 9.15 Å². The van der Waals surface area contributed by atoms with E-state index in [0.29, 0.717) is 6.61 Å². The first-order chi connectivity index (χ1) is 5.83. The van der Waals surface area contributed by atoms with Gasteiger partial charge in [-0.1, -0.05) is 0 Å². The van der Waals surface area contributed by atoms with Crippen molar-refractivity contribution in [3.8, 4) is 0 Å². The third-order valence-corrected chi connectivity index (χ3v) is 1.12. The molecular weight excluding hydrogens is 160 g/mol. The van der Waals surface area contributed by atoms with Gasteiger partial charge in [-0.15, -0.1) is 0 Å². The van der Waals surface area contributed by atoms with Gasteiger partial charge in [0, 0.05) is 6.61 Å². The summed E-state index contributed by atoms with van der Waals surface area (Å²) >= 11 is 0. The van der Waals surface area contributed by atoms with Crippen LogP contribution in [0.1, 0.15) is 6.92 Å². The minimum Gasteiger partial charge on any atom is -0.432 e. The van der Waals surface area contributed by atoms with Crippen molar-refractivity contribution in [2.45, 2.75) is 6.92 Å². The first-order valence-electron chi connectivity index (χ1n) is 3.60. The molecule has 1 heterocycles. The molecule has 0 fully saturated rings. The van der Waals surface area contributed by atoms with Crippen LogP contribution in [0.2, 0.25) is 0 Å². The van der Waals surface area contributed by atoms with E-state index in [1.54, 1.807) is 0 Å². The van der Waals surface area contributed by atoms with E-state index in [-0.39, 0.29) is 18.5 Å². The molecule has 1 rings (SSSR count). The van der Waals surface area contributed by atoms with Crippen LogP contribution in [0.25, 0.3) is 0 Å². The highest BCUT2D eigenvalue weighted by Gasteiger charge is 2.03. The molecule has 1 N–H and O–H groups in total. The summed E-state index contributed by atoms with van der Waals surface area (Å²) < 4.78 is 9.65. The maximum atomic E-state index is 10.9. The van der Waals surface area contributed by atoms with Crippen LogP contribution in [-0.4, -0.2) is 24.1 Å². The van der Waals surface area contributed by atoms with Crippen molar-refractivity contribution >= 4 is 11.9 Å². The van der Waals surface area contributed by atoms with Crippen LogP contribution >= 0.6 is 0 Å². The first kappa shape index (κ1) is 8.73. The van der Waals surface area contributed by atoms with Gasteiger partial charge in [-0.3, -0.25) is 10.1 Å². The molecule has 5 heteroatoms. The summed E-state index contributed by atoms with van der Waals surface area (Å²) in [5.41, 5.74) is 0. The van der Waals surface area contributed by atoms with Crippen LogP contribution in [0.3, 0.4) is 0 Å². The summed E-state index contributed by atoms with van der Waals surface area (Å²) in [6, 6.07) is 0.194. The van der Waals surface area contributed by atoms with Crippen LogP contribution in [0, 0.1) is 0 Å². The molecule has 0 aliphatic carbocycles. The van der Waals surface area contributed by atoms with Crippen molar-refractivity contribution in [3.05, 3.63) is 12.5 Å². The number of aromatic nitrogens is 1. The molecule has 0 bridgehead atoms. The molecule has 0 radical (unpaired) electrons. The fourth-order valence-electron chi connectivity index (χ4n) is 0.635. The molecule has 0 saturated heterocycles. The fourth-order valence-corrected chi connectivity index (χ4v) is 0.635. The Labute approximate surface area is 69.7 Å². The number of hydrogen-bond acceptors (Lipinski definition) is 4. The molecule has 1 aromatic rings. The Kier molecular flexibility index (Phi) is 3.28. The smallest absolute Gasteiger partial charge is 0.301 e. The zero-order valence-corrected chi connectivity index (χ0v) is 6.74. The Hall–Kier alpha value is -1.36. The summed E-state index contributed by atoms with van der Waals surface area (Å²) in [4.78, 5) is 14.6. The number of ether oxygens (including phenoxy) is 1. The van der Waals surface area contributed by atoms with Crippen molar-refractivity contribution < 1.29 is 13.9 Å². The van der Waals surface area contributed by atoms with Crippen LogP contribution in [0.4, 0.5) is 6.01 Å². The Morgan fingerprint density at radius 1 is 1.83 bits per heavy atom. The number of oxazole rings is 1. The monoisotopic (exact) mass is 170 g/mol. The van der Waals surface area contributed by atoms with Crippen LogP contribution in [-0.2, 0) is 9.53 Å². The number of nitrogens with one attached hydrogen (secondary N) is 1. The third kappa shape index (κ3) is 2.71. The summed E-state index contributed by atoms with van der Waals surface area (Å²) in [7, 11) is 0. The van der Waals surface area contributed by atoms with E-state index in [9.17, 15) is 4.79 Å². The average molecular weight is 170 g/mol. The number of carbonyl (C=O) groups is 1. The molecule has 0 aliphatic heterocycles. The van der Waals surface area contributed by atoms with Gasteiger partial charge in [0.1, 0.15) is 12.9 Å². The number of amides is 1. The number of rotatable bonds is 4. The number of nitrogens with zero attached hydrogens (tertiary/aromatic N) is 1. The van der Waals surface area contributed by atoms with Gasteiger partial charge >= 0.3 is 6.01 Å². The van der Waals surface area contributed by atoms with E-state index < -0.39 is 0 Å². The van der Waals surface area contributed by atoms with Gasteiger partial charge in [-0.05, 0) is 6.92 Å². The second kappa shape index (κ2) is 4.50. The summed E-state index contributed by atoms with van der Waals surface area (Å²) in [5.74, 6) is -0.265. The Balaban J connectivity index is 2.27. The summed E-state index contributed by atoms with van der Waals surface area (Å²) in [6.45, 7) is 2.36. The lowest BCUT2D eigenvalue weighted by Gasteiger charge is -1.99. The Morgan fingerprint density at radius 3 is 3.25 bits per heavy atom. The van der Waals surface area contributed by atoms with E-state index in [0.717, 1.165) is 0 Å². The lowest BCUT2D eigenvalue weighted by molar-refractivity contribution is -0.120. The molecule has 66 valence electrons. The Bertz CT molecular complexity index is 233. The second-order valence-corrected chi connectivity index (χ2v) is 2.02. The molecule has 5 nitrogen and oxygen atoms in total. The van der Waals surface area contributed by atoms with E-state index in [2.05, 4.69) is 10.3 Å². The van der Waals surface area contributed by atoms with Gasteiger partial charge in [0.05, 0.1) is 6.20 Å². The van der Waals surface area contributed by atoms with Gasteiger partial charge in [-0.25, -0.2) is 4.98 Å². The van der Waals surface area contributed by atoms with Gasteiger partial charge < -0.3 is 9.15 Å². The van der Waals surface area contributed by atoms with Crippen LogP contribution < -0.4 is 5.32 Å². The first-order valence-corrected chi connectivity index (χ1v) is 3.60. The molecule has 0 aliphatic rings. The van der Waals surface area contributed by atoms with Gasteiger partial charge in [0.25, 0.3) is 5.91 Å². The molecule has 0 aromatic carbocycles. The lowest BCUT2D eigenvalue weighted by Crippen LogP contribution is -2.18. The number of anilines is 1. The van der Waals surface area contributed by atoms with Crippen molar-refractivity contribution in [2.75, 3.05) is 18.5 Å². The summed E-state index contributed by atoms with van der Waals surface area (Å²) in [5, 5.41) is 2.42. The zero-order valence-electron chi connectivity index (χ0n) is 6.74. The standard InChI is InChI=1S/C7H10N2O3/c1-2-11-5-6(10)9-7-8-3-4-12-7/h3-4H,2,5H2,1H3,(H,8,9,10). The second-order valence-electron chi connectivity index (χ2n) is 2.02. The molecular formula is C7H10N2O3. The van der Waals surface area contributed by atoms with Gasteiger partial charge in [0.15, 0.2) is 0 Å². The normalized spacial score (nSPS) is 9.75. The average Bonchev–Trinajstić information content (AvgIpc) is 2.53. The van der Waals surface area contributed by atoms with Crippen molar-refractivity contribution in [1.29, 1.82) is 0 Å². The molecule has 0 unspecified atom stereocenters. The number of carbonyl (C=O) groups excluding carboxylic acids is 1. The molecule has 1 amide bonds. The minimum atomic E-state index is -0.265. The maximum Gasteiger partial charge on any atom is 0.301 e. The largest absolute Gasteiger partial charge is 0.432 e. The SMILES string of the molecule is CCOCC(=O)Nc1ncco1. The molecule has 0 saturated carbocycles. The predicted molar refractivity (Wildman–Crippen MR) is 41.6 cm³/mol. The van der Waals surface area contributed by atoms with Crippen LogP contribution in [0.5, 0.6) is 0 Å². The van der Waals surface area contributed by atoms with Crippen molar-refractivity contribution in [1.82, 2.24) is 4.98 Å². The topological polar surface area (TPSA) is 64.4 Å². The van der Waals surface area contributed by atoms with Crippen molar-refractivity contribution in [3.63, 3.8) is 0 Å². The molecule has 0 atom stereocenters. The highest BCUT2D eigenvalue weighted by molar-refractivity contribution is 5.89. The highest BCUT2D eigenvalue weighted by atomic mass is 16.5. The minimum absolute atomic E-state index is 0.0267. The van der Waals surface area contributed by atoms with E-state index in [1.807, 2.05) is 6.92 Å². The van der Waals surface area contributed by atoms with E-state index >= 15 is 0 Å². The molecule has 12 heavy (non-hydrogen) atoms. The Morgan fingerprint density at radius 2 is 2.67 bits per heavy atom. The number of hydrogen-bond donors (Lipinski definition) is 1. The quantitative estimate of drug-likeness (QED) is 0.720. The fraction of sp³-hybridized carbons (Fsp3) is 0.429. The third-order valence-electron chi connectivity index (χ3n) is 1.12. The van der Waals surface area contributed by atoms with Crippen LogP contribution in [0.15, 0.2) is 16.9 Å². The van der Waals surface area contributed by atoms with Gasteiger partial charge in [-0.2, -0.15) is 0 Å². The predicted octanol–water partition coefficient (Wildman–Crippen LogP) is 0.650. The maximum absolute atomic E-state index is 10.9. The molecule has 0 spiro atoms. The van der Waals surface area contributed by atoms with Gasteiger partial charge in [0.2, 0.25) is 0 Å². The highest BCUT2D eigenvalue weighted by Crippen LogP contribution is 1.99. The molecule has 1 aromatic heterocycles. The van der Waals surface area contributed by atoms with E-state index in [1.165, 1.54) is 12.5 Å².